The minimum Gasteiger partial charge on any atom is -0.396 e. The smallest absolute Gasteiger partial charge is 0.240 e. The molecule has 3 atom stereocenters. The number of rotatable bonds is 12. The SMILES string of the molecule is O=S(=O)(NCc1ccccc1-c1ccc(C2OC(CSCCO)CC(c3ccc(CO)cc3)O2)cc1)c1ccccc1. The van der Waals surface area contributed by atoms with Gasteiger partial charge >= 0.3 is 0 Å². The first-order chi connectivity index (χ1) is 20.5. The Kier molecular flexibility index (Phi) is 10.5. The molecule has 1 aliphatic heterocycles. The zero-order valence-electron chi connectivity index (χ0n) is 23.1. The maximum absolute atomic E-state index is 12.8. The van der Waals surface area contributed by atoms with Crippen molar-refractivity contribution in [1.29, 1.82) is 0 Å². The average Bonchev–Trinajstić information content (AvgIpc) is 3.04. The van der Waals surface area contributed by atoms with Gasteiger partial charge in [0.25, 0.3) is 0 Å². The highest BCUT2D eigenvalue weighted by atomic mass is 32.2. The van der Waals surface area contributed by atoms with Crippen molar-refractivity contribution in [1.82, 2.24) is 4.72 Å². The number of hydrogen-bond acceptors (Lipinski definition) is 7. The Morgan fingerprint density at radius 2 is 1.50 bits per heavy atom. The lowest BCUT2D eigenvalue weighted by molar-refractivity contribution is -0.245. The van der Waals surface area contributed by atoms with E-state index in [4.69, 9.17) is 9.47 Å². The highest BCUT2D eigenvalue weighted by Gasteiger charge is 2.32. The molecule has 220 valence electrons. The summed E-state index contributed by atoms with van der Waals surface area (Å²) < 4.78 is 41.1. The van der Waals surface area contributed by atoms with Gasteiger partial charge in [-0.05, 0) is 39.9 Å². The van der Waals surface area contributed by atoms with E-state index in [0.29, 0.717) is 12.2 Å². The van der Waals surface area contributed by atoms with Crippen molar-refractivity contribution < 1.29 is 28.1 Å². The molecule has 4 aromatic carbocycles. The number of aliphatic hydroxyl groups is 2. The summed E-state index contributed by atoms with van der Waals surface area (Å²) in [6.45, 7) is 0.278. The monoisotopic (exact) mass is 605 g/mol. The molecule has 3 unspecified atom stereocenters. The van der Waals surface area contributed by atoms with Gasteiger partial charge < -0.3 is 19.7 Å². The minimum absolute atomic E-state index is 0.00760. The van der Waals surface area contributed by atoms with Crippen LogP contribution in [0.25, 0.3) is 11.1 Å². The van der Waals surface area contributed by atoms with Gasteiger partial charge in [-0.15, -0.1) is 0 Å². The van der Waals surface area contributed by atoms with Gasteiger partial charge in [0, 0.05) is 30.0 Å². The van der Waals surface area contributed by atoms with Crippen molar-refractivity contribution in [2.24, 2.45) is 0 Å². The quantitative estimate of drug-likeness (QED) is 0.181. The topological polar surface area (TPSA) is 105 Å². The summed E-state index contributed by atoms with van der Waals surface area (Å²) in [5.74, 6) is 1.40. The summed E-state index contributed by atoms with van der Waals surface area (Å²) >= 11 is 1.65. The number of hydrogen-bond donors (Lipinski definition) is 3. The van der Waals surface area contributed by atoms with E-state index in [1.165, 1.54) is 0 Å². The molecule has 0 radical (unpaired) electrons. The minimum atomic E-state index is -3.64. The number of ether oxygens (including phenoxy) is 2. The van der Waals surface area contributed by atoms with Crippen LogP contribution in [0.2, 0.25) is 0 Å². The predicted octanol–water partition coefficient (Wildman–Crippen LogP) is 5.60. The summed E-state index contributed by atoms with van der Waals surface area (Å²) in [4.78, 5) is 0.232. The van der Waals surface area contributed by atoms with Crippen molar-refractivity contribution in [2.75, 3.05) is 18.1 Å². The molecule has 42 heavy (non-hydrogen) atoms. The molecule has 0 aliphatic carbocycles. The van der Waals surface area contributed by atoms with Crippen LogP contribution in [0.1, 0.15) is 41.1 Å². The van der Waals surface area contributed by atoms with Crippen molar-refractivity contribution in [3.05, 3.63) is 125 Å². The number of sulfonamides is 1. The van der Waals surface area contributed by atoms with Crippen LogP contribution in [-0.2, 0) is 32.6 Å². The molecular weight excluding hydrogens is 570 g/mol. The van der Waals surface area contributed by atoms with Gasteiger partial charge in [-0.25, -0.2) is 13.1 Å². The molecule has 1 heterocycles. The fourth-order valence-corrected chi connectivity index (χ4v) is 6.73. The van der Waals surface area contributed by atoms with Crippen molar-refractivity contribution >= 4 is 21.8 Å². The first-order valence-electron chi connectivity index (χ1n) is 13.9. The molecule has 4 aromatic rings. The van der Waals surface area contributed by atoms with Gasteiger partial charge in [-0.1, -0.05) is 91.0 Å². The maximum Gasteiger partial charge on any atom is 0.240 e. The van der Waals surface area contributed by atoms with Crippen LogP contribution in [0.15, 0.2) is 108 Å². The maximum atomic E-state index is 12.8. The van der Waals surface area contributed by atoms with E-state index in [9.17, 15) is 18.6 Å². The highest BCUT2D eigenvalue weighted by Crippen LogP contribution is 2.39. The summed E-state index contributed by atoms with van der Waals surface area (Å²) in [6, 6.07) is 31.9. The standard InChI is InChI=1S/C33H35NO6S2/c35-18-19-41-23-29-20-32(26-12-10-24(22-36)11-13-26)40-33(39-29)27-16-14-25(15-17-27)31-9-5-4-6-28(31)21-34-42(37,38)30-7-2-1-3-8-30/h1-17,29,32-36H,18-23H2. The van der Waals surface area contributed by atoms with Crippen LogP contribution < -0.4 is 4.72 Å². The summed E-state index contributed by atoms with van der Waals surface area (Å²) in [5, 5.41) is 18.7. The molecule has 3 N–H and O–H groups in total. The van der Waals surface area contributed by atoms with Crippen LogP contribution >= 0.6 is 11.8 Å². The van der Waals surface area contributed by atoms with Crippen LogP contribution in [0, 0.1) is 0 Å². The highest BCUT2D eigenvalue weighted by molar-refractivity contribution is 7.99. The second-order valence-electron chi connectivity index (χ2n) is 10.1. The van der Waals surface area contributed by atoms with E-state index in [1.54, 1.807) is 42.1 Å². The van der Waals surface area contributed by atoms with Crippen LogP contribution in [0.4, 0.5) is 0 Å². The lowest BCUT2D eigenvalue weighted by atomic mass is 9.98. The van der Waals surface area contributed by atoms with Crippen molar-refractivity contribution in [3.8, 4) is 11.1 Å². The molecule has 0 spiro atoms. The van der Waals surface area contributed by atoms with E-state index in [2.05, 4.69) is 4.72 Å². The third-order valence-corrected chi connectivity index (χ3v) is 9.67. The second-order valence-corrected chi connectivity index (χ2v) is 13.0. The third-order valence-electron chi connectivity index (χ3n) is 7.17. The van der Waals surface area contributed by atoms with Gasteiger partial charge in [0.15, 0.2) is 6.29 Å². The molecule has 5 rings (SSSR count). The Bertz CT molecular complexity index is 1530. The third kappa shape index (κ3) is 7.67. The van der Waals surface area contributed by atoms with E-state index in [-0.39, 0.29) is 36.9 Å². The summed E-state index contributed by atoms with van der Waals surface area (Å²) in [7, 11) is -3.64. The van der Waals surface area contributed by atoms with Crippen LogP contribution in [0.3, 0.4) is 0 Å². The zero-order valence-corrected chi connectivity index (χ0v) is 24.8. The number of aliphatic hydroxyl groups excluding tert-OH is 2. The summed E-state index contributed by atoms with van der Waals surface area (Å²) in [6.07, 6.45) is -0.101. The van der Waals surface area contributed by atoms with Crippen molar-refractivity contribution in [3.63, 3.8) is 0 Å². The molecule has 7 nitrogen and oxygen atoms in total. The Hall–Kier alpha value is -3.02. The first kappa shape index (κ1) is 30.4. The molecule has 1 aliphatic rings. The fourth-order valence-electron chi connectivity index (χ4n) is 4.93. The molecule has 1 saturated heterocycles. The van der Waals surface area contributed by atoms with E-state index in [0.717, 1.165) is 39.1 Å². The number of nitrogens with one attached hydrogen (secondary N) is 1. The van der Waals surface area contributed by atoms with Gasteiger partial charge in [-0.2, -0.15) is 11.8 Å². The second kappa shape index (κ2) is 14.4. The van der Waals surface area contributed by atoms with E-state index in [1.807, 2.05) is 72.8 Å². The lowest BCUT2D eigenvalue weighted by Gasteiger charge is -2.36. The molecule has 0 aromatic heterocycles. The van der Waals surface area contributed by atoms with Gasteiger partial charge in [-0.3, -0.25) is 0 Å². The Morgan fingerprint density at radius 3 is 2.21 bits per heavy atom. The number of benzene rings is 4. The average molecular weight is 606 g/mol. The normalized spacial score (nSPS) is 19.0. The molecule has 1 fully saturated rings. The Labute approximate surface area is 251 Å². The molecule has 0 amide bonds. The zero-order chi connectivity index (χ0) is 29.4. The van der Waals surface area contributed by atoms with Crippen LogP contribution in [-0.4, -0.2) is 42.8 Å². The number of thioether (sulfide) groups is 1. The summed E-state index contributed by atoms with van der Waals surface area (Å²) in [5.41, 5.74) is 5.51. The lowest BCUT2D eigenvalue weighted by Crippen LogP contribution is -2.31. The van der Waals surface area contributed by atoms with Gasteiger partial charge in [0.05, 0.1) is 30.3 Å². The van der Waals surface area contributed by atoms with Crippen molar-refractivity contribution in [2.45, 2.75) is 43.0 Å². The molecule has 9 heteroatoms. The fraction of sp³-hybridized carbons (Fsp3) is 0.273. The molecule has 0 bridgehead atoms. The molecule has 0 saturated carbocycles. The van der Waals surface area contributed by atoms with Gasteiger partial charge in [0.1, 0.15) is 0 Å². The Morgan fingerprint density at radius 1 is 0.810 bits per heavy atom. The van der Waals surface area contributed by atoms with Crippen LogP contribution in [0.5, 0.6) is 0 Å². The molecular formula is C33H35NO6S2. The Balaban J connectivity index is 1.33. The van der Waals surface area contributed by atoms with Gasteiger partial charge in [0.2, 0.25) is 10.0 Å². The largest absolute Gasteiger partial charge is 0.396 e. The van der Waals surface area contributed by atoms with E-state index < -0.39 is 16.3 Å². The van der Waals surface area contributed by atoms with E-state index >= 15 is 0 Å². The first-order valence-corrected chi connectivity index (χ1v) is 16.5. The predicted molar refractivity (Wildman–Crippen MR) is 165 cm³/mol.